The predicted octanol–water partition coefficient (Wildman–Crippen LogP) is 3.95. The summed E-state index contributed by atoms with van der Waals surface area (Å²) in [5, 5.41) is 3.01. The number of amides is 2. The molecular formula is C23H26N2O5. The van der Waals surface area contributed by atoms with Gasteiger partial charge < -0.3 is 19.5 Å². The number of rotatable bonds is 5. The number of nitrogens with zero attached hydrogens (tertiary/aromatic N) is 1. The van der Waals surface area contributed by atoms with E-state index >= 15 is 0 Å². The van der Waals surface area contributed by atoms with Gasteiger partial charge in [-0.25, -0.2) is 4.79 Å². The number of esters is 1. The largest absolute Gasteiger partial charge is 0.490 e. The average Bonchev–Trinajstić information content (AvgIpc) is 2.68. The van der Waals surface area contributed by atoms with Crippen molar-refractivity contribution in [3.8, 4) is 11.5 Å². The van der Waals surface area contributed by atoms with Crippen LogP contribution in [0.4, 0.5) is 10.5 Å². The first-order chi connectivity index (χ1) is 14.4. The second-order valence-corrected chi connectivity index (χ2v) is 7.60. The highest BCUT2D eigenvalue weighted by Gasteiger charge is 2.61. The maximum absolute atomic E-state index is 13.2. The van der Waals surface area contributed by atoms with Gasteiger partial charge in [-0.2, -0.15) is 0 Å². The Hall–Kier alpha value is -3.22. The topological polar surface area (TPSA) is 77.1 Å². The van der Waals surface area contributed by atoms with Gasteiger partial charge in [-0.3, -0.25) is 9.69 Å². The molecule has 1 saturated heterocycles. The van der Waals surface area contributed by atoms with Gasteiger partial charge in [-0.05, 0) is 51.5 Å². The van der Waals surface area contributed by atoms with Crippen LogP contribution >= 0.6 is 0 Å². The molecule has 4 rings (SSSR count). The van der Waals surface area contributed by atoms with Crippen LogP contribution in [-0.2, 0) is 9.53 Å². The molecule has 0 unspecified atom stereocenters. The quantitative estimate of drug-likeness (QED) is 0.755. The number of aryl methyl sites for hydroxylation is 1. The lowest BCUT2D eigenvalue weighted by Crippen LogP contribution is -2.71. The molecular weight excluding hydrogens is 384 g/mol. The molecule has 0 radical (unpaired) electrons. The van der Waals surface area contributed by atoms with Crippen LogP contribution in [0.3, 0.4) is 0 Å². The number of nitrogens with one attached hydrogen (secondary N) is 1. The summed E-state index contributed by atoms with van der Waals surface area (Å²) in [7, 11) is 0. The Labute approximate surface area is 175 Å². The van der Waals surface area contributed by atoms with Crippen LogP contribution in [0.5, 0.6) is 11.5 Å². The zero-order valence-corrected chi connectivity index (χ0v) is 17.6. The van der Waals surface area contributed by atoms with E-state index < -0.39 is 23.7 Å². The van der Waals surface area contributed by atoms with Gasteiger partial charge in [0.2, 0.25) is 5.72 Å². The summed E-state index contributed by atoms with van der Waals surface area (Å²) < 4.78 is 17.6. The van der Waals surface area contributed by atoms with Gasteiger partial charge in [0.15, 0.2) is 11.5 Å². The monoisotopic (exact) mass is 410 g/mol. The SMILES string of the molecule is CCOC(=O)[C@H]1[C@H]2NC(=O)N(c3cccc(C)c3)[C@@]1(C)Oc1c(OCC)cccc12. The van der Waals surface area contributed by atoms with Crippen molar-refractivity contribution in [2.24, 2.45) is 5.92 Å². The van der Waals surface area contributed by atoms with E-state index in [2.05, 4.69) is 5.32 Å². The lowest BCUT2D eigenvalue weighted by Gasteiger charge is -2.54. The van der Waals surface area contributed by atoms with E-state index in [4.69, 9.17) is 14.2 Å². The average molecular weight is 410 g/mol. The molecule has 2 aromatic carbocycles. The number of benzene rings is 2. The van der Waals surface area contributed by atoms with E-state index in [1.807, 2.05) is 56.3 Å². The number of hydrogen-bond donors (Lipinski definition) is 1. The second-order valence-electron chi connectivity index (χ2n) is 7.60. The van der Waals surface area contributed by atoms with Gasteiger partial charge in [0.25, 0.3) is 0 Å². The molecule has 2 heterocycles. The third kappa shape index (κ3) is 3.05. The molecule has 1 fully saturated rings. The number of carbonyl (C=O) groups is 2. The van der Waals surface area contributed by atoms with Crippen LogP contribution in [0.1, 0.15) is 37.9 Å². The van der Waals surface area contributed by atoms with Crippen molar-refractivity contribution in [2.75, 3.05) is 18.1 Å². The number of urea groups is 1. The number of anilines is 1. The maximum atomic E-state index is 13.2. The predicted molar refractivity (Wildman–Crippen MR) is 112 cm³/mol. The normalized spacial score (nSPS) is 24.4. The molecule has 0 saturated carbocycles. The molecule has 0 aromatic heterocycles. The Morgan fingerprint density at radius 3 is 2.67 bits per heavy atom. The fraction of sp³-hybridized carbons (Fsp3) is 0.391. The Morgan fingerprint density at radius 2 is 1.97 bits per heavy atom. The van der Waals surface area contributed by atoms with E-state index in [1.54, 1.807) is 13.8 Å². The number of fused-ring (bicyclic) bond motifs is 4. The Balaban J connectivity index is 1.91. The van der Waals surface area contributed by atoms with E-state index in [9.17, 15) is 9.59 Å². The van der Waals surface area contributed by atoms with Gasteiger partial charge >= 0.3 is 12.0 Å². The van der Waals surface area contributed by atoms with Crippen molar-refractivity contribution in [1.29, 1.82) is 0 Å². The molecule has 2 aliphatic rings. The molecule has 1 N–H and O–H groups in total. The summed E-state index contributed by atoms with van der Waals surface area (Å²) in [4.78, 5) is 27.8. The van der Waals surface area contributed by atoms with Crippen LogP contribution in [-0.4, -0.2) is 30.9 Å². The number of hydrogen-bond acceptors (Lipinski definition) is 5. The molecule has 2 aliphatic heterocycles. The minimum Gasteiger partial charge on any atom is -0.490 e. The number of carbonyl (C=O) groups excluding carboxylic acids is 2. The third-order valence-corrected chi connectivity index (χ3v) is 5.59. The smallest absolute Gasteiger partial charge is 0.325 e. The van der Waals surface area contributed by atoms with Crippen molar-refractivity contribution < 1.29 is 23.8 Å². The molecule has 7 heteroatoms. The van der Waals surface area contributed by atoms with Gasteiger partial charge in [-0.15, -0.1) is 0 Å². The minimum atomic E-state index is -1.30. The standard InChI is InChI=1S/C23H26N2O5/c1-5-28-17-12-8-11-16-19-18(21(26)29-6-2)23(4,30-20(16)17)25(22(27)24-19)15-10-7-9-14(3)13-15/h7-13,18-19H,5-6H2,1-4H3,(H,24,27)/t18-,19+,23+/m1/s1. The number of para-hydroxylation sites is 1. The Kier molecular flexibility index (Phi) is 5.05. The molecule has 30 heavy (non-hydrogen) atoms. The summed E-state index contributed by atoms with van der Waals surface area (Å²) in [6.45, 7) is 8.07. The van der Waals surface area contributed by atoms with Crippen molar-refractivity contribution in [2.45, 2.75) is 39.5 Å². The first-order valence-electron chi connectivity index (χ1n) is 10.2. The van der Waals surface area contributed by atoms with Crippen LogP contribution in [0.2, 0.25) is 0 Å². The highest BCUT2D eigenvalue weighted by Crippen LogP contribution is 2.52. The molecule has 0 aliphatic carbocycles. The van der Waals surface area contributed by atoms with E-state index in [1.165, 1.54) is 4.90 Å². The maximum Gasteiger partial charge on any atom is 0.325 e. The molecule has 0 spiro atoms. The van der Waals surface area contributed by atoms with Crippen molar-refractivity contribution in [3.63, 3.8) is 0 Å². The van der Waals surface area contributed by atoms with Crippen molar-refractivity contribution in [1.82, 2.24) is 5.32 Å². The minimum absolute atomic E-state index is 0.238. The second kappa shape index (κ2) is 7.55. The van der Waals surface area contributed by atoms with Gasteiger partial charge in [-0.1, -0.05) is 24.3 Å². The van der Waals surface area contributed by atoms with Crippen molar-refractivity contribution >= 4 is 17.7 Å². The summed E-state index contributed by atoms with van der Waals surface area (Å²) in [6.07, 6.45) is 0. The highest BCUT2D eigenvalue weighted by molar-refractivity contribution is 5.97. The molecule has 2 bridgehead atoms. The van der Waals surface area contributed by atoms with Crippen LogP contribution in [0.15, 0.2) is 42.5 Å². The third-order valence-electron chi connectivity index (χ3n) is 5.59. The van der Waals surface area contributed by atoms with Crippen LogP contribution < -0.4 is 19.7 Å². The van der Waals surface area contributed by atoms with Gasteiger partial charge in [0, 0.05) is 11.3 Å². The molecule has 7 nitrogen and oxygen atoms in total. The summed E-state index contributed by atoms with van der Waals surface area (Å²) in [5.74, 6) is -0.0749. The molecule has 2 aromatic rings. The lowest BCUT2D eigenvalue weighted by molar-refractivity contribution is -0.160. The summed E-state index contributed by atoms with van der Waals surface area (Å²) in [5.41, 5.74) is 1.03. The highest BCUT2D eigenvalue weighted by atomic mass is 16.6. The first-order valence-corrected chi connectivity index (χ1v) is 10.2. The fourth-order valence-corrected chi connectivity index (χ4v) is 4.39. The lowest BCUT2D eigenvalue weighted by atomic mass is 9.79. The molecule has 3 atom stereocenters. The van der Waals surface area contributed by atoms with E-state index in [0.29, 0.717) is 29.4 Å². The van der Waals surface area contributed by atoms with Crippen LogP contribution in [0.25, 0.3) is 0 Å². The van der Waals surface area contributed by atoms with E-state index in [-0.39, 0.29) is 12.6 Å². The van der Waals surface area contributed by atoms with Crippen molar-refractivity contribution in [3.05, 3.63) is 53.6 Å². The zero-order chi connectivity index (χ0) is 21.5. The van der Waals surface area contributed by atoms with Gasteiger partial charge in [0.05, 0.1) is 19.3 Å². The van der Waals surface area contributed by atoms with E-state index in [0.717, 1.165) is 5.56 Å². The first kappa shape index (κ1) is 20.1. The Bertz CT molecular complexity index is 991. The summed E-state index contributed by atoms with van der Waals surface area (Å²) >= 11 is 0. The zero-order valence-electron chi connectivity index (χ0n) is 17.6. The fourth-order valence-electron chi connectivity index (χ4n) is 4.39. The van der Waals surface area contributed by atoms with Crippen LogP contribution in [0, 0.1) is 12.8 Å². The molecule has 158 valence electrons. The number of ether oxygens (including phenoxy) is 3. The Morgan fingerprint density at radius 1 is 1.20 bits per heavy atom. The molecule has 2 amide bonds. The van der Waals surface area contributed by atoms with Gasteiger partial charge in [0.1, 0.15) is 5.92 Å². The summed E-state index contributed by atoms with van der Waals surface area (Å²) in [6, 6.07) is 12.1.